The molecule has 0 fully saturated rings. The summed E-state index contributed by atoms with van der Waals surface area (Å²) in [5.74, 6) is 0. The largest absolute Gasteiger partial charge is 0.392 e. The van der Waals surface area contributed by atoms with E-state index in [-0.39, 0.29) is 11.5 Å². The van der Waals surface area contributed by atoms with Crippen LogP contribution in [0.2, 0.25) is 0 Å². The Hall–Kier alpha value is -0.640. The van der Waals surface area contributed by atoms with Crippen LogP contribution in [0.4, 0.5) is 0 Å². The molecule has 0 saturated heterocycles. The molecule has 0 aromatic heterocycles. The molecule has 0 saturated carbocycles. The first kappa shape index (κ1) is 32.9. The van der Waals surface area contributed by atoms with Gasteiger partial charge in [0, 0.05) is 14.4 Å². The fourth-order valence-electron chi connectivity index (χ4n) is 6.80. The molecule has 0 bridgehead atoms. The first-order valence-electron chi connectivity index (χ1n) is 16.3. The van der Waals surface area contributed by atoms with Crippen molar-refractivity contribution >= 4 is 31.9 Å². The van der Waals surface area contributed by atoms with Gasteiger partial charge in [0.25, 0.3) is 0 Å². The second kappa shape index (κ2) is 18.0. The summed E-state index contributed by atoms with van der Waals surface area (Å²) >= 11 is 7.49. The van der Waals surface area contributed by atoms with Crippen molar-refractivity contribution in [3.63, 3.8) is 0 Å². The van der Waals surface area contributed by atoms with Crippen LogP contribution >= 0.6 is 31.9 Å². The maximum absolute atomic E-state index is 12.0. The van der Waals surface area contributed by atoms with Gasteiger partial charge in [0.1, 0.15) is 0 Å². The third-order valence-electron chi connectivity index (χ3n) is 9.04. The standard InChI is InChI=1S/C36H54Br2O/c1-3-5-7-9-11-13-15-17-19-21-35(39)36(26-20-18-16-14-12-10-8-6-4-2)33-25-23-29(37)27-32(33)31-24-22-30(38)28-34(31)36/h22-25,27-28,35,39H,3-21,26H2,1-2H3. The Morgan fingerprint density at radius 1 is 0.564 bits per heavy atom. The van der Waals surface area contributed by atoms with Crippen molar-refractivity contribution in [3.05, 3.63) is 56.5 Å². The lowest BCUT2D eigenvalue weighted by atomic mass is 9.68. The van der Waals surface area contributed by atoms with Crippen molar-refractivity contribution in [2.45, 2.75) is 154 Å². The normalized spacial score (nSPS) is 16.8. The number of aliphatic hydroxyl groups excluding tert-OH is 1. The van der Waals surface area contributed by atoms with Crippen molar-refractivity contribution in [2.75, 3.05) is 0 Å². The fourth-order valence-corrected chi connectivity index (χ4v) is 7.52. The predicted molar refractivity (Wildman–Crippen MR) is 178 cm³/mol. The van der Waals surface area contributed by atoms with Gasteiger partial charge >= 0.3 is 0 Å². The summed E-state index contributed by atoms with van der Waals surface area (Å²) in [4.78, 5) is 0. The minimum absolute atomic E-state index is 0.309. The molecule has 39 heavy (non-hydrogen) atoms. The third-order valence-corrected chi connectivity index (χ3v) is 10.0. The summed E-state index contributed by atoms with van der Waals surface area (Å²) in [6.07, 6.45) is 25.3. The molecule has 3 rings (SSSR count). The molecule has 1 aliphatic carbocycles. The van der Waals surface area contributed by atoms with Gasteiger partial charge in [0.2, 0.25) is 0 Å². The number of fused-ring (bicyclic) bond motifs is 3. The maximum atomic E-state index is 12.0. The smallest absolute Gasteiger partial charge is 0.0677 e. The topological polar surface area (TPSA) is 20.2 Å². The van der Waals surface area contributed by atoms with Crippen molar-refractivity contribution in [1.82, 2.24) is 0 Å². The van der Waals surface area contributed by atoms with Gasteiger partial charge in [-0.1, -0.05) is 173 Å². The highest BCUT2D eigenvalue weighted by atomic mass is 79.9. The van der Waals surface area contributed by atoms with Crippen LogP contribution in [0.1, 0.15) is 153 Å². The summed E-state index contributed by atoms with van der Waals surface area (Å²) < 4.78 is 2.22. The Bertz CT molecular complexity index is 971. The molecule has 1 aliphatic rings. The number of halogens is 2. The van der Waals surface area contributed by atoms with E-state index in [0.717, 1.165) is 28.2 Å². The summed E-state index contributed by atoms with van der Waals surface area (Å²) in [5.41, 5.74) is 4.96. The Morgan fingerprint density at radius 2 is 1.05 bits per heavy atom. The number of hydrogen-bond donors (Lipinski definition) is 1. The molecule has 1 N–H and O–H groups in total. The number of hydrogen-bond acceptors (Lipinski definition) is 1. The minimum Gasteiger partial charge on any atom is -0.392 e. The summed E-state index contributed by atoms with van der Waals surface area (Å²) in [6.45, 7) is 4.57. The van der Waals surface area contributed by atoms with Gasteiger partial charge in [0.05, 0.1) is 6.10 Å². The molecule has 0 amide bonds. The van der Waals surface area contributed by atoms with Gasteiger partial charge in [0.15, 0.2) is 0 Å². The van der Waals surface area contributed by atoms with Gasteiger partial charge in [-0.25, -0.2) is 0 Å². The van der Waals surface area contributed by atoms with E-state index >= 15 is 0 Å². The Labute approximate surface area is 257 Å². The average Bonchev–Trinajstić information content (AvgIpc) is 3.20. The molecular formula is C36H54Br2O. The van der Waals surface area contributed by atoms with Gasteiger partial charge in [-0.3, -0.25) is 0 Å². The predicted octanol–water partition coefficient (Wildman–Crippen LogP) is 12.7. The van der Waals surface area contributed by atoms with Crippen LogP contribution < -0.4 is 0 Å². The first-order valence-corrected chi connectivity index (χ1v) is 17.9. The van der Waals surface area contributed by atoms with Crippen LogP contribution in [-0.4, -0.2) is 11.2 Å². The molecule has 0 radical (unpaired) electrons. The number of unbranched alkanes of at least 4 members (excludes halogenated alkanes) is 16. The van der Waals surface area contributed by atoms with Crippen LogP contribution in [0, 0.1) is 0 Å². The molecule has 0 aliphatic heterocycles. The lowest BCUT2D eigenvalue weighted by Gasteiger charge is -2.37. The van der Waals surface area contributed by atoms with Gasteiger partial charge in [-0.15, -0.1) is 0 Å². The van der Waals surface area contributed by atoms with E-state index in [4.69, 9.17) is 0 Å². The molecule has 2 unspecified atom stereocenters. The average molecular weight is 663 g/mol. The van der Waals surface area contributed by atoms with Crippen LogP contribution in [0.3, 0.4) is 0 Å². The highest BCUT2D eigenvalue weighted by Gasteiger charge is 2.47. The molecule has 218 valence electrons. The van der Waals surface area contributed by atoms with E-state index in [1.165, 1.54) is 131 Å². The number of aliphatic hydroxyl groups is 1. The minimum atomic E-state index is -0.355. The van der Waals surface area contributed by atoms with Gasteiger partial charge < -0.3 is 5.11 Å². The molecule has 1 nitrogen and oxygen atoms in total. The summed E-state index contributed by atoms with van der Waals surface area (Å²) in [6, 6.07) is 13.5. The van der Waals surface area contributed by atoms with E-state index in [2.05, 4.69) is 82.1 Å². The van der Waals surface area contributed by atoms with Gasteiger partial charge in [-0.05, 0) is 59.4 Å². The molecule has 3 heteroatoms. The SMILES string of the molecule is CCCCCCCCCCCC(O)C1(CCCCCCCCCCC)c2ccc(Br)cc2-c2ccc(Br)cc21. The van der Waals surface area contributed by atoms with Crippen molar-refractivity contribution in [3.8, 4) is 11.1 Å². The second-order valence-electron chi connectivity index (χ2n) is 12.1. The number of benzene rings is 2. The Kier molecular flexibility index (Phi) is 15.2. The molecular weight excluding hydrogens is 608 g/mol. The monoisotopic (exact) mass is 660 g/mol. The van der Waals surface area contributed by atoms with Crippen molar-refractivity contribution in [1.29, 1.82) is 0 Å². The van der Waals surface area contributed by atoms with E-state index in [1.54, 1.807) is 0 Å². The van der Waals surface area contributed by atoms with Crippen LogP contribution in [0.25, 0.3) is 11.1 Å². The highest BCUT2D eigenvalue weighted by Crippen LogP contribution is 2.55. The molecule has 2 aromatic carbocycles. The zero-order valence-corrected chi connectivity index (χ0v) is 28.1. The quantitative estimate of drug-likeness (QED) is 0.132. The first-order chi connectivity index (χ1) is 19.0. The Morgan fingerprint density at radius 3 is 1.64 bits per heavy atom. The number of rotatable bonds is 21. The second-order valence-corrected chi connectivity index (χ2v) is 13.9. The Balaban J connectivity index is 1.67. The maximum Gasteiger partial charge on any atom is 0.0677 e. The molecule has 0 spiro atoms. The zero-order chi connectivity index (χ0) is 27.9. The van der Waals surface area contributed by atoms with Gasteiger partial charge in [-0.2, -0.15) is 0 Å². The zero-order valence-electron chi connectivity index (χ0n) is 24.9. The third kappa shape index (κ3) is 9.44. The highest BCUT2D eigenvalue weighted by molar-refractivity contribution is 9.10. The van der Waals surface area contributed by atoms with Crippen LogP contribution in [0.5, 0.6) is 0 Å². The lowest BCUT2D eigenvalue weighted by Crippen LogP contribution is -2.39. The van der Waals surface area contributed by atoms with Crippen molar-refractivity contribution < 1.29 is 5.11 Å². The van der Waals surface area contributed by atoms with E-state index in [9.17, 15) is 5.11 Å². The van der Waals surface area contributed by atoms with E-state index < -0.39 is 0 Å². The summed E-state index contributed by atoms with van der Waals surface area (Å²) in [5, 5.41) is 12.0. The van der Waals surface area contributed by atoms with Crippen LogP contribution in [0.15, 0.2) is 45.3 Å². The molecule has 2 atom stereocenters. The van der Waals surface area contributed by atoms with E-state index in [0.29, 0.717) is 0 Å². The lowest BCUT2D eigenvalue weighted by molar-refractivity contribution is 0.0855. The molecule has 0 heterocycles. The fraction of sp³-hybridized carbons (Fsp3) is 0.667. The van der Waals surface area contributed by atoms with Crippen LogP contribution in [-0.2, 0) is 5.41 Å². The molecule has 2 aromatic rings. The summed E-state index contributed by atoms with van der Waals surface area (Å²) in [7, 11) is 0. The van der Waals surface area contributed by atoms with Crippen molar-refractivity contribution in [2.24, 2.45) is 0 Å². The van der Waals surface area contributed by atoms with E-state index in [1.807, 2.05) is 0 Å².